The van der Waals surface area contributed by atoms with Crippen molar-refractivity contribution in [3.05, 3.63) is 12.2 Å². The molecule has 1 spiro atoms. The number of alkyl halides is 8. The number of halogens is 8. The standard InChI is InChI=1S/C72H112F8N12O13/c1-15-42(6)60-68(103)86(10)40-58(95)88(12)51-22-19-18-20-31-91(67(51)102)55(35-43-23-26-45(27-24-43)71(75,76)77)65(100)85(9)39-56(93)81-49(28-25-44-33-47(73)59(48(74)34-44)72(78,79)80)63(98)92-38-46(105-17-3)36-52(92)62(97)83-70(29-21-30-70)69(104)90(14)53(32-41(4)5)66(101)89(13)54(64(99)84(7)8)37-57(94)87(11)50(16-2)61(96)82-60/h18-19,41-55,59-60H,15-17,20-40H2,1-14H3,(H,81,93)(H,82,96)(H,83,97)/b19-18-/t42-,43?,44?,45?,46+,47?,48?,49-,50-,51-,52-,53-,54-,55-,59?,60-/m0/s1. The third kappa shape index (κ3) is 21.4. The molecule has 2 saturated heterocycles. The molecule has 3 aliphatic carbocycles. The van der Waals surface area contributed by atoms with E-state index in [4.69, 9.17) is 4.74 Å². The number of fused-ring (bicyclic) bond motifs is 3. The Bertz CT molecular complexity index is 3120. The predicted molar refractivity (Wildman–Crippen MR) is 369 cm³/mol. The second-order valence-electron chi connectivity index (χ2n) is 30.6. The van der Waals surface area contributed by atoms with Gasteiger partial charge in [-0.15, -0.1) is 0 Å². The molecule has 3 heterocycles. The Hall–Kier alpha value is -7.22. The van der Waals surface area contributed by atoms with E-state index < -0.39 is 224 Å². The number of rotatable bonds is 13. The lowest BCUT2D eigenvalue weighted by atomic mass is 9.75. The van der Waals surface area contributed by atoms with Crippen molar-refractivity contribution in [3.8, 4) is 0 Å². The van der Waals surface area contributed by atoms with Crippen molar-refractivity contribution >= 4 is 70.9 Å². The highest BCUT2D eigenvalue weighted by atomic mass is 19.4. The highest BCUT2D eigenvalue weighted by Crippen LogP contribution is 2.45. The molecule has 3 aliphatic heterocycles. The molecule has 0 aromatic heterocycles. The Kier molecular flexibility index (Phi) is 30.6. The summed E-state index contributed by atoms with van der Waals surface area (Å²) >= 11 is 0. The van der Waals surface area contributed by atoms with E-state index in [2.05, 4.69) is 16.0 Å². The summed E-state index contributed by atoms with van der Waals surface area (Å²) in [4.78, 5) is 189. The molecule has 2 unspecified atom stereocenters. The van der Waals surface area contributed by atoms with Gasteiger partial charge in [0.2, 0.25) is 70.9 Å². The normalized spacial score (nSPS) is 31.6. The number of carbonyl (C=O) groups excluding carboxylic acids is 12. The second kappa shape index (κ2) is 37.1. The highest BCUT2D eigenvalue weighted by molar-refractivity contribution is 6.01. The van der Waals surface area contributed by atoms with Crippen molar-refractivity contribution in [2.24, 2.45) is 35.5 Å². The lowest BCUT2D eigenvalue weighted by Gasteiger charge is -2.46. The minimum absolute atomic E-state index is 0.00603. The molecule has 0 radical (unpaired) electrons. The number of nitrogens with zero attached hydrogens (tertiary/aromatic N) is 9. The number of ether oxygens (including phenoxy) is 1. The van der Waals surface area contributed by atoms with E-state index in [9.17, 15) is 55.1 Å². The molecule has 0 aromatic rings. The molecule has 3 saturated carbocycles. The molecular formula is C72H112F8N12O13. The van der Waals surface area contributed by atoms with Gasteiger partial charge in [-0.3, -0.25) is 57.5 Å². The summed E-state index contributed by atoms with van der Waals surface area (Å²) in [6.07, 6.45) is -15.7. The zero-order valence-electron chi connectivity index (χ0n) is 63.3. The van der Waals surface area contributed by atoms with Gasteiger partial charge < -0.3 is 64.8 Å². The number of amides is 12. The van der Waals surface area contributed by atoms with Crippen molar-refractivity contribution < 1.29 is 97.4 Å². The van der Waals surface area contributed by atoms with E-state index >= 15 is 37.5 Å². The van der Waals surface area contributed by atoms with E-state index in [0.717, 1.165) is 29.4 Å². The van der Waals surface area contributed by atoms with Gasteiger partial charge in [0, 0.05) is 82.5 Å². The fraction of sp³-hybridized carbons (Fsp3) is 0.806. The first-order valence-corrected chi connectivity index (χ1v) is 37.0. The molecule has 12 amide bonds. The first-order valence-electron chi connectivity index (χ1n) is 37.0. The Labute approximate surface area is 611 Å². The van der Waals surface area contributed by atoms with Crippen LogP contribution in [0, 0.1) is 35.5 Å². The van der Waals surface area contributed by atoms with Gasteiger partial charge in [0.1, 0.15) is 72.1 Å². The number of carbonyl (C=O) groups is 12. The molecule has 3 N–H and O–H groups in total. The van der Waals surface area contributed by atoms with E-state index in [0.29, 0.717) is 12.8 Å². The topological polar surface area (TPSA) is 279 Å². The molecule has 33 heteroatoms. The molecule has 25 nitrogen and oxygen atoms in total. The summed E-state index contributed by atoms with van der Waals surface area (Å²) in [5.74, 6) is -16.8. The molecule has 0 aromatic carbocycles. The number of nitrogens with one attached hydrogen (secondary N) is 3. The van der Waals surface area contributed by atoms with Crippen molar-refractivity contribution in [2.75, 3.05) is 89.2 Å². The van der Waals surface area contributed by atoms with Crippen molar-refractivity contribution in [1.29, 1.82) is 0 Å². The SMILES string of the molecule is CCO[C@@H]1C[C@H]2C(=O)NC3(CCC3)C(=O)N(C)[C@@H](CC(C)C)C(=O)N(C)[C@H](C(=O)N(C)C)CC(=O)N(C)[C@@H](CC)C(=O)N[C@@H]([C@@H](C)CC)C(=O)N(C)CC(=O)N(C)[C@H]3C/C=C\CCN(C3=O)[C@@H](CC3CCC(C(F)(F)F)CC3)C(=O)N(C)CC(=O)N[C@@H](CCC3CC(F)C(C(F)(F)F)C(F)C3)C(=O)N2C1. The van der Waals surface area contributed by atoms with Crippen LogP contribution >= 0.6 is 0 Å². The fourth-order valence-electron chi connectivity index (χ4n) is 15.7. The van der Waals surface area contributed by atoms with Gasteiger partial charge in [-0.05, 0) is 133 Å². The summed E-state index contributed by atoms with van der Waals surface area (Å²) in [7, 11) is 10.6. The van der Waals surface area contributed by atoms with Crippen LogP contribution in [-0.4, -0.2) is 289 Å². The Morgan fingerprint density at radius 3 is 1.81 bits per heavy atom. The van der Waals surface area contributed by atoms with Crippen molar-refractivity contribution in [1.82, 2.24) is 60.0 Å². The summed E-state index contributed by atoms with van der Waals surface area (Å²) in [5.41, 5.74) is -1.70. The van der Waals surface area contributed by atoms with Gasteiger partial charge in [-0.1, -0.05) is 53.2 Å². The first-order chi connectivity index (χ1) is 49.0. The lowest BCUT2D eigenvalue weighted by Crippen LogP contribution is -2.67. The average molecular weight is 1510 g/mol. The lowest BCUT2D eigenvalue weighted by molar-refractivity contribution is -0.219. The van der Waals surface area contributed by atoms with Crippen LogP contribution in [0.5, 0.6) is 0 Å². The highest BCUT2D eigenvalue weighted by Gasteiger charge is 2.56. The molecule has 6 aliphatic rings. The zero-order valence-corrected chi connectivity index (χ0v) is 63.3. The minimum atomic E-state index is -5.22. The van der Waals surface area contributed by atoms with E-state index in [1.807, 2.05) is 0 Å². The number of hydrogen-bond donors (Lipinski definition) is 3. The maximum absolute atomic E-state index is 15.4. The van der Waals surface area contributed by atoms with Gasteiger partial charge >= 0.3 is 12.4 Å². The maximum Gasteiger partial charge on any atom is 0.397 e. The van der Waals surface area contributed by atoms with Crippen LogP contribution in [0.25, 0.3) is 0 Å². The van der Waals surface area contributed by atoms with Crippen molar-refractivity contribution in [3.63, 3.8) is 0 Å². The molecule has 5 fully saturated rings. The molecule has 105 heavy (non-hydrogen) atoms. The molecule has 594 valence electrons. The molecule has 6 rings (SSSR count). The maximum atomic E-state index is 15.4. The van der Waals surface area contributed by atoms with Gasteiger partial charge in [-0.25, -0.2) is 8.78 Å². The summed E-state index contributed by atoms with van der Waals surface area (Å²) < 4.78 is 121. The van der Waals surface area contributed by atoms with Crippen LogP contribution in [0.15, 0.2) is 12.2 Å². The third-order valence-corrected chi connectivity index (χ3v) is 22.5. The summed E-state index contributed by atoms with van der Waals surface area (Å²) in [6, 6.07) is -11.5. The van der Waals surface area contributed by atoms with Gasteiger partial charge in [-0.2, -0.15) is 26.3 Å². The van der Waals surface area contributed by atoms with Crippen LogP contribution in [0.1, 0.15) is 164 Å². The van der Waals surface area contributed by atoms with Crippen LogP contribution in [0.4, 0.5) is 35.1 Å². The van der Waals surface area contributed by atoms with Crippen LogP contribution in [0.2, 0.25) is 0 Å². The largest absolute Gasteiger partial charge is 0.397 e. The Morgan fingerprint density at radius 2 is 1.27 bits per heavy atom. The molecular weight excluding hydrogens is 1390 g/mol. The van der Waals surface area contributed by atoms with Crippen LogP contribution in [-0.2, 0) is 62.3 Å². The van der Waals surface area contributed by atoms with E-state index in [-0.39, 0.29) is 109 Å². The van der Waals surface area contributed by atoms with Gasteiger partial charge in [0.25, 0.3) is 0 Å². The number of likely N-dealkylation sites (N-methyl/N-ethyl adjacent to an activating group) is 7. The second-order valence-corrected chi connectivity index (χ2v) is 30.6. The minimum Gasteiger partial charge on any atom is -0.377 e. The van der Waals surface area contributed by atoms with Crippen LogP contribution in [0.3, 0.4) is 0 Å². The Balaban J connectivity index is 1.46. The first kappa shape index (κ1) is 86.7. The van der Waals surface area contributed by atoms with Crippen LogP contribution < -0.4 is 16.0 Å². The summed E-state index contributed by atoms with van der Waals surface area (Å²) in [5, 5.41) is 8.28. The van der Waals surface area contributed by atoms with Gasteiger partial charge in [0.05, 0.1) is 31.5 Å². The monoisotopic (exact) mass is 1500 g/mol. The molecule has 12 atom stereocenters. The summed E-state index contributed by atoms with van der Waals surface area (Å²) in [6.45, 7) is 8.37. The quantitative estimate of drug-likeness (QED) is 0.150. The van der Waals surface area contributed by atoms with E-state index in [1.54, 1.807) is 53.7 Å². The smallest absolute Gasteiger partial charge is 0.377 e. The number of hydrogen-bond acceptors (Lipinski definition) is 13. The van der Waals surface area contributed by atoms with Crippen molar-refractivity contribution in [2.45, 2.75) is 248 Å². The van der Waals surface area contributed by atoms with E-state index in [1.165, 1.54) is 71.1 Å². The molecule has 2 bridgehead atoms. The zero-order chi connectivity index (χ0) is 78.7. The predicted octanol–water partition coefficient (Wildman–Crippen LogP) is 5.57. The average Bonchev–Trinajstić information content (AvgIpc) is 1.57. The third-order valence-electron chi connectivity index (χ3n) is 22.5. The Morgan fingerprint density at radius 1 is 0.648 bits per heavy atom. The fourth-order valence-corrected chi connectivity index (χ4v) is 15.7. The van der Waals surface area contributed by atoms with Gasteiger partial charge in [0.15, 0.2) is 0 Å².